The van der Waals surface area contributed by atoms with Gasteiger partial charge in [-0.2, -0.15) is 8.42 Å². The van der Waals surface area contributed by atoms with Crippen LogP contribution in [-0.4, -0.2) is 52.0 Å². The van der Waals surface area contributed by atoms with Crippen LogP contribution < -0.4 is 10.2 Å². The van der Waals surface area contributed by atoms with Crippen LogP contribution in [0.2, 0.25) is 0 Å². The number of fused-ring (bicyclic) bond motifs is 1. The van der Waals surface area contributed by atoms with Crippen LogP contribution in [0.25, 0.3) is 0 Å². The average Bonchev–Trinajstić information content (AvgIpc) is 2.48. The molecule has 1 N–H and O–H groups in total. The quantitative estimate of drug-likeness (QED) is 0.816. The number of sulfonamides is 1. The summed E-state index contributed by atoms with van der Waals surface area (Å²) < 4.78 is 28.7. The fourth-order valence-corrected chi connectivity index (χ4v) is 3.84. The second kappa shape index (κ2) is 5.06. The first-order chi connectivity index (χ1) is 9.63. The Balaban J connectivity index is 2.09. The summed E-state index contributed by atoms with van der Waals surface area (Å²) in [6.07, 6.45) is 0. The Bertz CT molecular complexity index is 636. The van der Waals surface area contributed by atoms with Crippen molar-refractivity contribution >= 4 is 21.7 Å². The van der Waals surface area contributed by atoms with E-state index in [2.05, 4.69) is 9.71 Å². The minimum atomic E-state index is -3.60. The van der Waals surface area contributed by atoms with Gasteiger partial charge in [-0.15, -0.1) is 4.40 Å². The third-order valence-electron chi connectivity index (χ3n) is 3.59. The lowest BCUT2D eigenvalue weighted by molar-refractivity contribution is 0.352. The van der Waals surface area contributed by atoms with Crippen molar-refractivity contribution in [1.82, 2.24) is 10.2 Å². The third-order valence-corrected chi connectivity index (χ3v) is 4.90. The molecule has 2 aliphatic heterocycles. The van der Waals surface area contributed by atoms with Gasteiger partial charge in [-0.3, -0.25) is 0 Å². The van der Waals surface area contributed by atoms with Crippen molar-refractivity contribution in [3.8, 4) is 0 Å². The summed E-state index contributed by atoms with van der Waals surface area (Å²) in [5.74, 6) is 0.549. The summed E-state index contributed by atoms with van der Waals surface area (Å²) in [6, 6.07) is 7.05. The molecule has 20 heavy (non-hydrogen) atoms. The number of para-hydroxylation sites is 1. The maximum absolute atomic E-state index is 12.3. The zero-order valence-corrected chi connectivity index (χ0v) is 12.2. The largest absolute Gasteiger partial charge is 0.339 e. The molecule has 1 aromatic rings. The zero-order valence-electron chi connectivity index (χ0n) is 11.4. The molecule has 2 aliphatic rings. The first kappa shape index (κ1) is 13.4. The van der Waals surface area contributed by atoms with Crippen LogP contribution in [0.5, 0.6) is 0 Å². The summed E-state index contributed by atoms with van der Waals surface area (Å²) in [6.45, 7) is 5.93. The van der Waals surface area contributed by atoms with Gasteiger partial charge in [0, 0.05) is 32.7 Å². The van der Waals surface area contributed by atoms with Crippen LogP contribution in [-0.2, 0) is 10.0 Å². The Kier molecular flexibility index (Phi) is 3.39. The monoisotopic (exact) mass is 294 g/mol. The average molecular weight is 294 g/mol. The molecule has 0 spiro atoms. The first-order valence-electron chi connectivity index (χ1n) is 6.80. The van der Waals surface area contributed by atoms with Gasteiger partial charge in [-0.05, 0) is 19.1 Å². The predicted molar refractivity (Wildman–Crippen MR) is 78.5 cm³/mol. The molecule has 0 atom stereocenters. The maximum atomic E-state index is 12.3. The zero-order chi connectivity index (χ0) is 14.2. The molecule has 3 rings (SSSR count). The lowest BCUT2D eigenvalue weighted by Crippen LogP contribution is -2.53. The van der Waals surface area contributed by atoms with Gasteiger partial charge in [0.05, 0.1) is 5.69 Å². The highest BCUT2D eigenvalue weighted by atomic mass is 32.2. The highest BCUT2D eigenvalue weighted by molar-refractivity contribution is 7.90. The Morgan fingerprint density at radius 1 is 1.25 bits per heavy atom. The van der Waals surface area contributed by atoms with E-state index in [0.717, 1.165) is 31.9 Å². The first-order valence-corrected chi connectivity index (χ1v) is 8.24. The van der Waals surface area contributed by atoms with Crippen LogP contribution in [0.1, 0.15) is 6.92 Å². The molecule has 0 saturated carbocycles. The molecule has 0 unspecified atom stereocenters. The van der Waals surface area contributed by atoms with E-state index in [1.54, 1.807) is 12.1 Å². The number of nitrogens with one attached hydrogen (secondary N) is 1. The molecule has 2 heterocycles. The van der Waals surface area contributed by atoms with Gasteiger partial charge in [0.15, 0.2) is 0 Å². The predicted octanol–water partition coefficient (Wildman–Crippen LogP) is 0.476. The molecular formula is C13H18N4O2S. The molecule has 0 aromatic heterocycles. The van der Waals surface area contributed by atoms with Gasteiger partial charge in [0.2, 0.25) is 5.96 Å². The second-order valence-corrected chi connectivity index (χ2v) is 6.39. The standard InChI is InChI=1S/C13H18N4O2S/c1-2-17-11-5-3-4-6-12(11)20(18,19)15-13(17)16-9-7-14-8-10-16/h3-6,14H,2,7-10H2,1H3. The van der Waals surface area contributed by atoms with E-state index < -0.39 is 10.0 Å². The van der Waals surface area contributed by atoms with Crippen LogP contribution >= 0.6 is 0 Å². The number of benzene rings is 1. The Labute approximate surface area is 119 Å². The summed E-state index contributed by atoms with van der Waals surface area (Å²) >= 11 is 0. The number of hydrogen-bond acceptors (Lipinski definition) is 5. The van der Waals surface area contributed by atoms with E-state index in [-0.39, 0.29) is 0 Å². The van der Waals surface area contributed by atoms with Crippen LogP contribution in [0.3, 0.4) is 0 Å². The van der Waals surface area contributed by atoms with Crippen molar-refractivity contribution < 1.29 is 8.42 Å². The normalized spacial score (nSPS) is 21.4. The number of guanidine groups is 1. The van der Waals surface area contributed by atoms with Crippen LogP contribution in [0.4, 0.5) is 5.69 Å². The molecule has 7 heteroatoms. The number of nitrogens with zero attached hydrogens (tertiary/aromatic N) is 3. The number of piperazine rings is 1. The van der Waals surface area contributed by atoms with E-state index in [9.17, 15) is 8.42 Å². The van der Waals surface area contributed by atoms with E-state index in [1.807, 2.05) is 28.9 Å². The fourth-order valence-electron chi connectivity index (χ4n) is 2.62. The molecule has 0 amide bonds. The SMILES string of the molecule is CCN1C(N2CCNCC2)=NS(=O)(=O)c2ccccc21. The molecule has 0 aliphatic carbocycles. The van der Waals surface area contributed by atoms with Gasteiger partial charge in [-0.1, -0.05) is 12.1 Å². The van der Waals surface area contributed by atoms with Gasteiger partial charge >= 0.3 is 0 Å². The maximum Gasteiger partial charge on any atom is 0.287 e. The number of rotatable bonds is 1. The Morgan fingerprint density at radius 3 is 2.65 bits per heavy atom. The number of anilines is 1. The molecule has 0 bridgehead atoms. The minimum Gasteiger partial charge on any atom is -0.339 e. The molecule has 6 nitrogen and oxygen atoms in total. The second-order valence-electron chi connectivity index (χ2n) is 4.82. The van der Waals surface area contributed by atoms with Gasteiger partial charge in [0.25, 0.3) is 10.0 Å². The number of hydrogen-bond donors (Lipinski definition) is 1. The highest BCUT2D eigenvalue weighted by Crippen LogP contribution is 2.31. The smallest absolute Gasteiger partial charge is 0.287 e. The molecule has 108 valence electrons. The molecule has 0 radical (unpaired) electrons. The summed E-state index contributed by atoms with van der Waals surface area (Å²) in [5.41, 5.74) is 0.721. The molecular weight excluding hydrogens is 276 g/mol. The van der Waals surface area contributed by atoms with E-state index >= 15 is 0 Å². The van der Waals surface area contributed by atoms with Crippen LogP contribution in [0, 0.1) is 0 Å². The van der Waals surface area contributed by atoms with Crippen molar-refractivity contribution in [3.63, 3.8) is 0 Å². The highest BCUT2D eigenvalue weighted by Gasteiger charge is 2.32. The van der Waals surface area contributed by atoms with Crippen molar-refractivity contribution in [2.45, 2.75) is 11.8 Å². The van der Waals surface area contributed by atoms with Crippen LogP contribution in [0.15, 0.2) is 33.6 Å². The van der Waals surface area contributed by atoms with E-state index in [1.165, 1.54) is 0 Å². The van der Waals surface area contributed by atoms with Gasteiger partial charge in [0.1, 0.15) is 4.90 Å². The van der Waals surface area contributed by atoms with Gasteiger partial charge < -0.3 is 15.1 Å². The Morgan fingerprint density at radius 2 is 1.95 bits per heavy atom. The molecule has 1 fully saturated rings. The summed E-state index contributed by atoms with van der Waals surface area (Å²) in [4.78, 5) is 4.30. The van der Waals surface area contributed by atoms with Crippen molar-refractivity contribution in [1.29, 1.82) is 0 Å². The van der Waals surface area contributed by atoms with Crippen molar-refractivity contribution in [3.05, 3.63) is 24.3 Å². The summed E-state index contributed by atoms with van der Waals surface area (Å²) in [5, 5.41) is 3.26. The van der Waals surface area contributed by atoms with E-state index in [4.69, 9.17) is 0 Å². The van der Waals surface area contributed by atoms with Crippen molar-refractivity contribution in [2.75, 3.05) is 37.6 Å². The summed E-state index contributed by atoms with van der Waals surface area (Å²) in [7, 11) is -3.60. The minimum absolute atomic E-state index is 0.292. The van der Waals surface area contributed by atoms with Crippen molar-refractivity contribution in [2.24, 2.45) is 4.40 Å². The topological polar surface area (TPSA) is 65.0 Å². The van der Waals surface area contributed by atoms with E-state index in [0.29, 0.717) is 17.4 Å². The third kappa shape index (κ3) is 2.16. The lowest BCUT2D eigenvalue weighted by Gasteiger charge is -2.38. The van der Waals surface area contributed by atoms with Gasteiger partial charge in [-0.25, -0.2) is 0 Å². The Hall–Kier alpha value is -1.60. The molecule has 1 aromatic carbocycles. The molecule has 1 saturated heterocycles. The lowest BCUT2D eigenvalue weighted by atomic mass is 10.3. The fraction of sp³-hybridized carbons (Fsp3) is 0.462.